The number of nitrogens with one attached hydrogen (secondary N) is 1. The lowest BCUT2D eigenvalue weighted by Gasteiger charge is -2.07. The Labute approximate surface area is 71.0 Å². The Morgan fingerprint density at radius 1 is 1.83 bits per heavy atom. The Kier molecular flexibility index (Phi) is 2.85. The Morgan fingerprint density at radius 2 is 2.58 bits per heavy atom. The maximum atomic E-state index is 9.91. The van der Waals surface area contributed by atoms with Gasteiger partial charge < -0.3 is 9.72 Å². The van der Waals surface area contributed by atoms with Gasteiger partial charge in [-0.2, -0.15) is 0 Å². The van der Waals surface area contributed by atoms with Crippen molar-refractivity contribution in [1.82, 2.24) is 9.97 Å². The van der Waals surface area contributed by atoms with Crippen LogP contribution in [-0.2, 0) is 9.53 Å². The fourth-order valence-corrected chi connectivity index (χ4v) is 1.13. The van der Waals surface area contributed by atoms with Gasteiger partial charge in [0, 0.05) is 11.6 Å². The second-order valence-corrected chi connectivity index (χ2v) is 2.74. The summed E-state index contributed by atoms with van der Waals surface area (Å²) in [6, 6.07) is 0. The van der Waals surface area contributed by atoms with Crippen molar-refractivity contribution in [3.05, 3.63) is 17.7 Å². The Morgan fingerprint density at radius 3 is 3.08 bits per heavy atom. The lowest BCUT2D eigenvalue weighted by molar-refractivity contribution is -0.129. The molecule has 1 heterocycles. The molecule has 1 aromatic heterocycles. The summed E-state index contributed by atoms with van der Waals surface area (Å²) in [4.78, 5) is 17.0. The lowest BCUT2D eigenvalue weighted by atomic mass is 10.1. The van der Waals surface area contributed by atoms with E-state index in [0.717, 1.165) is 11.4 Å². The summed E-state index contributed by atoms with van der Waals surface area (Å²) in [5.74, 6) is 0.154. The number of aromatic nitrogens is 2. The number of ether oxygens (including phenoxy) is 1. The molecule has 4 heteroatoms. The van der Waals surface area contributed by atoms with Crippen LogP contribution in [0.2, 0.25) is 0 Å². The minimum atomic E-state index is 0.154. The number of H-pyrrole nitrogens is 1. The number of rotatable bonds is 4. The number of carbonyl (C=O) groups is 1. The third-order valence-electron chi connectivity index (χ3n) is 1.75. The van der Waals surface area contributed by atoms with E-state index >= 15 is 0 Å². The lowest BCUT2D eigenvalue weighted by Crippen LogP contribution is -2.05. The predicted octanol–water partition coefficient (Wildman–Crippen LogP) is 0.995. The third-order valence-corrected chi connectivity index (χ3v) is 1.75. The summed E-state index contributed by atoms with van der Waals surface area (Å²) < 4.78 is 4.64. The molecule has 0 saturated heterocycles. The molecular weight excluding hydrogens is 156 g/mol. The van der Waals surface area contributed by atoms with Gasteiger partial charge in [-0.15, -0.1) is 0 Å². The van der Waals surface area contributed by atoms with Crippen LogP contribution in [0.3, 0.4) is 0 Å². The van der Waals surface area contributed by atoms with Crippen LogP contribution in [-0.4, -0.2) is 23.0 Å². The molecule has 0 bridgehead atoms. The van der Waals surface area contributed by atoms with Gasteiger partial charge >= 0.3 is 0 Å². The molecule has 0 fully saturated rings. The number of imidazole rings is 1. The molecule has 0 aliphatic carbocycles. The smallest absolute Gasteiger partial charge is 0.293 e. The van der Waals surface area contributed by atoms with Gasteiger partial charge in [0.2, 0.25) is 0 Å². The van der Waals surface area contributed by atoms with Crippen LogP contribution in [0, 0.1) is 6.92 Å². The van der Waals surface area contributed by atoms with E-state index in [1.807, 2.05) is 13.8 Å². The van der Waals surface area contributed by atoms with Crippen molar-refractivity contribution in [3.63, 3.8) is 0 Å². The van der Waals surface area contributed by atoms with Crippen molar-refractivity contribution < 1.29 is 9.53 Å². The molecule has 12 heavy (non-hydrogen) atoms. The average Bonchev–Trinajstić information content (AvgIpc) is 2.47. The molecule has 0 aliphatic heterocycles. The van der Waals surface area contributed by atoms with Crippen LogP contribution in [0.5, 0.6) is 0 Å². The molecule has 1 aromatic rings. The van der Waals surface area contributed by atoms with Gasteiger partial charge in [0.05, 0.1) is 18.6 Å². The molecule has 0 aliphatic rings. The highest BCUT2D eigenvalue weighted by Gasteiger charge is 2.10. The number of hydrogen-bond acceptors (Lipinski definition) is 3. The van der Waals surface area contributed by atoms with E-state index in [0.29, 0.717) is 13.1 Å². The van der Waals surface area contributed by atoms with Crippen LogP contribution < -0.4 is 0 Å². The standard InChI is InChI=1S/C8H12N2O2/c1-6(3-12-5-11)8-7(2)9-4-10-8/h4-6H,3H2,1-2H3,(H,9,10). The molecule has 1 unspecified atom stereocenters. The van der Waals surface area contributed by atoms with Gasteiger partial charge in [0.25, 0.3) is 6.47 Å². The summed E-state index contributed by atoms with van der Waals surface area (Å²) in [5, 5.41) is 0. The number of aromatic amines is 1. The van der Waals surface area contributed by atoms with Crippen LogP contribution in [0.4, 0.5) is 0 Å². The molecular formula is C8H12N2O2. The summed E-state index contributed by atoms with van der Waals surface area (Å²) >= 11 is 0. The maximum absolute atomic E-state index is 9.91. The van der Waals surface area contributed by atoms with Gasteiger partial charge in [-0.3, -0.25) is 4.79 Å². The van der Waals surface area contributed by atoms with Crippen molar-refractivity contribution in [3.8, 4) is 0 Å². The molecule has 0 saturated carbocycles. The predicted molar refractivity (Wildman–Crippen MR) is 43.8 cm³/mol. The zero-order valence-electron chi connectivity index (χ0n) is 7.20. The van der Waals surface area contributed by atoms with Gasteiger partial charge in [-0.05, 0) is 6.92 Å². The highest BCUT2D eigenvalue weighted by atomic mass is 16.5. The number of nitrogens with zero attached hydrogens (tertiary/aromatic N) is 1. The quantitative estimate of drug-likeness (QED) is 0.682. The van der Waals surface area contributed by atoms with E-state index in [2.05, 4.69) is 14.7 Å². The van der Waals surface area contributed by atoms with Crippen molar-refractivity contribution in [2.45, 2.75) is 19.8 Å². The SMILES string of the molecule is Cc1[nH]cnc1C(C)COC=O. The molecule has 1 N–H and O–H groups in total. The Bertz CT molecular complexity index is 257. The molecule has 1 atom stereocenters. The zero-order chi connectivity index (χ0) is 8.97. The summed E-state index contributed by atoms with van der Waals surface area (Å²) in [7, 11) is 0. The second-order valence-electron chi connectivity index (χ2n) is 2.74. The normalized spacial score (nSPS) is 12.5. The first kappa shape index (κ1) is 8.77. The summed E-state index contributed by atoms with van der Waals surface area (Å²) in [6.07, 6.45) is 1.64. The van der Waals surface area contributed by atoms with E-state index in [4.69, 9.17) is 0 Å². The fraction of sp³-hybridized carbons (Fsp3) is 0.500. The van der Waals surface area contributed by atoms with Crippen molar-refractivity contribution >= 4 is 6.47 Å². The van der Waals surface area contributed by atoms with Crippen LogP contribution in [0.25, 0.3) is 0 Å². The van der Waals surface area contributed by atoms with E-state index in [-0.39, 0.29) is 5.92 Å². The van der Waals surface area contributed by atoms with E-state index < -0.39 is 0 Å². The highest BCUT2D eigenvalue weighted by molar-refractivity contribution is 5.37. The average molecular weight is 168 g/mol. The molecule has 66 valence electrons. The summed E-state index contributed by atoms with van der Waals surface area (Å²) in [6.45, 7) is 4.75. The third kappa shape index (κ3) is 1.84. The van der Waals surface area contributed by atoms with E-state index in [1.165, 1.54) is 0 Å². The number of carbonyl (C=O) groups excluding carboxylic acids is 1. The van der Waals surface area contributed by atoms with Crippen molar-refractivity contribution in [1.29, 1.82) is 0 Å². The number of aryl methyl sites for hydroxylation is 1. The van der Waals surface area contributed by atoms with Gasteiger partial charge in [0.1, 0.15) is 0 Å². The molecule has 0 aromatic carbocycles. The van der Waals surface area contributed by atoms with Crippen LogP contribution in [0.1, 0.15) is 24.2 Å². The second kappa shape index (κ2) is 3.90. The van der Waals surface area contributed by atoms with Crippen molar-refractivity contribution in [2.75, 3.05) is 6.61 Å². The minimum absolute atomic E-state index is 0.154. The topological polar surface area (TPSA) is 55.0 Å². The molecule has 0 amide bonds. The summed E-state index contributed by atoms with van der Waals surface area (Å²) in [5.41, 5.74) is 1.98. The van der Waals surface area contributed by atoms with Gasteiger partial charge in [-0.1, -0.05) is 6.92 Å². The first-order valence-electron chi connectivity index (χ1n) is 3.80. The molecule has 0 spiro atoms. The van der Waals surface area contributed by atoms with E-state index in [9.17, 15) is 4.79 Å². The molecule has 1 rings (SSSR count). The maximum Gasteiger partial charge on any atom is 0.293 e. The van der Waals surface area contributed by atoms with Crippen molar-refractivity contribution in [2.24, 2.45) is 0 Å². The number of hydrogen-bond donors (Lipinski definition) is 1. The zero-order valence-corrected chi connectivity index (χ0v) is 7.20. The van der Waals surface area contributed by atoms with Gasteiger partial charge in [-0.25, -0.2) is 4.98 Å². The molecule has 0 radical (unpaired) electrons. The largest absolute Gasteiger partial charge is 0.467 e. The Hall–Kier alpha value is -1.32. The highest BCUT2D eigenvalue weighted by Crippen LogP contribution is 2.14. The van der Waals surface area contributed by atoms with Crippen LogP contribution >= 0.6 is 0 Å². The fourth-order valence-electron chi connectivity index (χ4n) is 1.13. The first-order chi connectivity index (χ1) is 5.75. The van der Waals surface area contributed by atoms with Crippen LogP contribution in [0.15, 0.2) is 6.33 Å². The monoisotopic (exact) mass is 168 g/mol. The first-order valence-corrected chi connectivity index (χ1v) is 3.80. The van der Waals surface area contributed by atoms with Gasteiger partial charge in [0.15, 0.2) is 0 Å². The van der Waals surface area contributed by atoms with E-state index in [1.54, 1.807) is 6.33 Å². The minimum Gasteiger partial charge on any atom is -0.467 e. The Balaban J connectivity index is 2.58. The molecule has 4 nitrogen and oxygen atoms in total.